The molecule has 0 radical (unpaired) electrons. The molecule has 8 N–H and O–H groups in total. The Morgan fingerprint density at radius 3 is 2.07 bits per heavy atom. The Kier molecular flexibility index (Phi) is 31.3. The van der Waals surface area contributed by atoms with Crippen LogP contribution in [0, 0.1) is 17.8 Å². The molecule has 25 nitrogen and oxygen atoms in total. The molecule has 0 aliphatic carbocycles. The van der Waals surface area contributed by atoms with Crippen molar-refractivity contribution in [3.05, 3.63) is 59.2 Å². The lowest BCUT2D eigenvalue weighted by molar-refractivity contribution is -0.155. The van der Waals surface area contributed by atoms with Crippen LogP contribution in [-0.4, -0.2) is 157 Å². The number of nitrogens with two attached hydrogens (primary N) is 1. The van der Waals surface area contributed by atoms with Crippen LogP contribution in [0.4, 0.5) is 4.79 Å². The zero-order valence-electron chi connectivity index (χ0n) is 49.0. The van der Waals surface area contributed by atoms with Gasteiger partial charge in [0.1, 0.15) is 36.4 Å². The molecule has 2 rings (SSSR count). The van der Waals surface area contributed by atoms with Gasteiger partial charge < -0.3 is 60.8 Å². The number of nitrogens with one attached hydrogen (secondary N) is 4. The summed E-state index contributed by atoms with van der Waals surface area (Å²) in [4.78, 5) is 133. The summed E-state index contributed by atoms with van der Waals surface area (Å²) >= 11 is 0. The van der Waals surface area contributed by atoms with Gasteiger partial charge >= 0.3 is 33.7 Å². The van der Waals surface area contributed by atoms with Gasteiger partial charge in [0.25, 0.3) is 5.91 Å². The lowest BCUT2D eigenvalue weighted by Gasteiger charge is -2.33. The first-order valence-corrected chi connectivity index (χ1v) is 30.4. The predicted octanol–water partition coefficient (Wildman–Crippen LogP) is 5.13. The molecule has 1 aromatic carbocycles. The van der Waals surface area contributed by atoms with E-state index in [-0.39, 0.29) is 57.1 Å². The quantitative estimate of drug-likeness (QED) is 0.0260. The second-order valence-electron chi connectivity index (χ2n) is 20.7. The monoisotopic (exact) mass is 1190 g/mol. The lowest BCUT2D eigenvalue weighted by Crippen LogP contribution is -2.57. The SMILES string of the molecule is C/C=C(\C)[C@H]1OC(=O)[C@@H](C)NC(=O)[C@H](C(C)CC)NC(=O)CN(C)C(=O)[C@@H](Cc2ccccc2)N(C)C(=O)[C@H](C)NC(=O)[C@@H](CC(C)C)OC(=O)/C(C)=C/C[C@H](OC(=O)NCCCCCCCOP(=O)(O)OP(=O)(O)OCCN)[C@@H]1C. The van der Waals surface area contributed by atoms with Gasteiger partial charge in [-0.15, -0.1) is 0 Å². The number of phosphoric acid groups is 2. The van der Waals surface area contributed by atoms with Crippen molar-refractivity contribution < 1.29 is 84.8 Å². The Hall–Kier alpha value is -5.52. The number of likely N-dealkylation sites (N-methyl/N-ethyl adjacent to an activating group) is 2. The van der Waals surface area contributed by atoms with Crippen molar-refractivity contribution in [2.24, 2.45) is 23.5 Å². The summed E-state index contributed by atoms with van der Waals surface area (Å²) < 4.78 is 55.2. The number of unbranched alkanes of at least 4 members (excludes halogenated alkanes) is 4. The summed E-state index contributed by atoms with van der Waals surface area (Å²) in [7, 11) is -6.97. The fourth-order valence-electron chi connectivity index (χ4n) is 8.34. The first-order chi connectivity index (χ1) is 38.0. The van der Waals surface area contributed by atoms with Gasteiger partial charge in [0, 0.05) is 51.5 Å². The molecule has 81 heavy (non-hydrogen) atoms. The number of allylic oxidation sites excluding steroid dienone is 1. The highest BCUT2D eigenvalue weighted by Gasteiger charge is 2.39. The van der Waals surface area contributed by atoms with E-state index in [4.69, 9.17) is 24.5 Å². The van der Waals surface area contributed by atoms with E-state index in [1.165, 1.54) is 45.8 Å². The van der Waals surface area contributed by atoms with Crippen LogP contribution in [0.5, 0.6) is 0 Å². The normalized spacial score (nSPS) is 25.7. The highest BCUT2D eigenvalue weighted by atomic mass is 31.3. The minimum absolute atomic E-state index is 0.0368. The van der Waals surface area contributed by atoms with Crippen molar-refractivity contribution in [3.8, 4) is 0 Å². The van der Waals surface area contributed by atoms with E-state index in [0.29, 0.717) is 49.7 Å². The number of nitrogens with zero attached hydrogens (tertiary/aromatic N) is 2. The standard InChI is InChI=1S/C54H89N7O18P2/c1-13-35(5)46-49(64)58-40(10)53(68)78-47(36(6)14-2)38(8)43(77-54(69)56-28-21-16-15-17-22-29-74-80(70,71)79-81(72,73)75-30-27-55)26-25-37(7)52(67)76-44(31-34(3)4)48(63)57-39(9)50(65)61(12)42(32-41-23-19-18-20-24-41)51(66)60(11)33-45(62)59-46/h14,18-20,23-25,34-35,38-40,42-44,46-47H,13,15-17,21-22,26-33,55H2,1-12H3,(H,56,69)(H,57,63)(H,58,64)(H,59,62)(H,70,71)(H,72,73)/b36-14+,37-25+/t35?,38-,39-,40+,42+,43-,44+,46-,47+/m0/s1. The van der Waals surface area contributed by atoms with Crippen molar-refractivity contribution in [2.45, 2.75) is 170 Å². The Bertz CT molecular complexity index is 2410. The Morgan fingerprint density at radius 1 is 0.864 bits per heavy atom. The second kappa shape index (κ2) is 35.5. The largest absolute Gasteiger partial charge is 0.481 e. The van der Waals surface area contributed by atoms with Crippen LogP contribution in [-0.2, 0) is 76.7 Å². The van der Waals surface area contributed by atoms with Crippen molar-refractivity contribution in [1.82, 2.24) is 31.1 Å². The second-order valence-corrected chi connectivity index (χ2v) is 23.8. The molecule has 1 aromatic rings. The third-order valence-corrected chi connectivity index (χ3v) is 16.1. The van der Waals surface area contributed by atoms with Crippen molar-refractivity contribution in [3.63, 3.8) is 0 Å². The van der Waals surface area contributed by atoms with Gasteiger partial charge in [-0.2, -0.15) is 4.31 Å². The molecule has 458 valence electrons. The van der Waals surface area contributed by atoms with Crippen LogP contribution < -0.4 is 27.0 Å². The van der Waals surface area contributed by atoms with Crippen molar-refractivity contribution in [2.75, 3.05) is 46.9 Å². The maximum Gasteiger partial charge on any atom is 0.481 e. The molecule has 0 aromatic heterocycles. The molecule has 27 heteroatoms. The number of amides is 6. The number of cyclic esters (lactones) is 2. The van der Waals surface area contributed by atoms with E-state index >= 15 is 0 Å². The minimum Gasteiger partial charge on any atom is -0.456 e. The number of hydrogen-bond acceptors (Lipinski definition) is 17. The molecule has 1 heterocycles. The van der Waals surface area contributed by atoms with Crippen LogP contribution in [0.1, 0.15) is 126 Å². The molecule has 0 fully saturated rings. The van der Waals surface area contributed by atoms with E-state index in [1.807, 2.05) is 20.8 Å². The number of alkyl carbamates (subject to hydrolysis) is 1. The third-order valence-electron chi connectivity index (χ3n) is 13.5. The Balaban J connectivity index is 2.50. The average molecular weight is 1190 g/mol. The number of carbonyl (C=O) groups is 8. The minimum atomic E-state index is -4.90. The maximum atomic E-state index is 14.3. The lowest BCUT2D eigenvalue weighted by atomic mass is 9.90. The van der Waals surface area contributed by atoms with Gasteiger partial charge in [-0.3, -0.25) is 33.0 Å². The molecule has 11 atom stereocenters. The first-order valence-electron chi connectivity index (χ1n) is 27.4. The van der Waals surface area contributed by atoms with E-state index < -0.39 is 124 Å². The molecule has 1 aliphatic rings. The molecular formula is C54H89N7O18P2. The number of ether oxygens (including phenoxy) is 3. The summed E-state index contributed by atoms with van der Waals surface area (Å²) in [5.41, 5.74) is 6.50. The van der Waals surface area contributed by atoms with Gasteiger partial charge in [0.05, 0.1) is 19.8 Å². The number of phosphoric ester groups is 2. The number of benzene rings is 1. The average Bonchev–Trinajstić information content (AvgIpc) is 3.44. The zero-order chi connectivity index (χ0) is 61.2. The van der Waals surface area contributed by atoms with E-state index in [2.05, 4.69) is 30.1 Å². The van der Waals surface area contributed by atoms with Gasteiger partial charge in [0.15, 0.2) is 6.10 Å². The van der Waals surface area contributed by atoms with Crippen LogP contribution in [0.3, 0.4) is 0 Å². The van der Waals surface area contributed by atoms with Gasteiger partial charge in [-0.05, 0) is 76.9 Å². The van der Waals surface area contributed by atoms with Crippen LogP contribution in [0.15, 0.2) is 53.6 Å². The number of hydrogen-bond donors (Lipinski definition) is 7. The number of esters is 2. The summed E-state index contributed by atoms with van der Waals surface area (Å²) in [5, 5.41) is 10.8. The van der Waals surface area contributed by atoms with E-state index in [1.54, 1.807) is 64.1 Å². The van der Waals surface area contributed by atoms with Crippen LogP contribution >= 0.6 is 15.6 Å². The topological polar surface area (TPSA) is 347 Å². The summed E-state index contributed by atoms with van der Waals surface area (Å²) in [6, 6.07) is 4.09. The van der Waals surface area contributed by atoms with E-state index in [0.717, 1.165) is 4.90 Å². The fraction of sp³-hybridized carbons (Fsp3) is 0.667. The Labute approximate surface area is 476 Å². The number of rotatable bonds is 22. The molecule has 1 aliphatic heterocycles. The van der Waals surface area contributed by atoms with Gasteiger partial charge in [-0.1, -0.05) is 103 Å². The van der Waals surface area contributed by atoms with Crippen molar-refractivity contribution in [1.29, 1.82) is 0 Å². The molecule has 0 saturated heterocycles. The maximum absolute atomic E-state index is 14.3. The molecule has 0 spiro atoms. The van der Waals surface area contributed by atoms with Gasteiger partial charge in [0.2, 0.25) is 23.6 Å². The smallest absolute Gasteiger partial charge is 0.456 e. The number of carbonyl (C=O) groups excluding carboxylic acids is 8. The highest BCUT2D eigenvalue weighted by Crippen LogP contribution is 2.60. The summed E-state index contributed by atoms with van der Waals surface area (Å²) in [5.74, 6) is -6.59. The van der Waals surface area contributed by atoms with E-state index in [9.17, 15) is 57.3 Å². The van der Waals surface area contributed by atoms with Crippen molar-refractivity contribution >= 4 is 63.2 Å². The molecule has 0 bridgehead atoms. The molecule has 3 unspecified atom stereocenters. The molecule has 0 saturated carbocycles. The van der Waals surface area contributed by atoms with Crippen LogP contribution in [0.25, 0.3) is 0 Å². The summed E-state index contributed by atoms with van der Waals surface area (Å²) in [6.07, 6.45) is 1.76. The van der Waals surface area contributed by atoms with Crippen LogP contribution in [0.2, 0.25) is 0 Å². The predicted molar refractivity (Wildman–Crippen MR) is 300 cm³/mol. The van der Waals surface area contributed by atoms with Gasteiger partial charge in [-0.25, -0.2) is 23.5 Å². The summed E-state index contributed by atoms with van der Waals surface area (Å²) in [6.45, 7) is 15.5. The highest BCUT2D eigenvalue weighted by molar-refractivity contribution is 7.61. The zero-order valence-corrected chi connectivity index (χ0v) is 50.8. The fourth-order valence-corrected chi connectivity index (χ4v) is 10.5. The molecular weight excluding hydrogens is 1100 g/mol. The third kappa shape index (κ3) is 25.7. The Morgan fingerprint density at radius 2 is 1.47 bits per heavy atom. The molecule has 6 amide bonds. The first kappa shape index (κ1) is 71.6.